The molecule has 0 spiro atoms. The first-order chi connectivity index (χ1) is 13.8. The van der Waals surface area contributed by atoms with Crippen molar-refractivity contribution in [2.24, 2.45) is 0 Å². The first-order valence-corrected chi connectivity index (χ1v) is 10.7. The third-order valence-electron chi connectivity index (χ3n) is 4.97. The average Bonchev–Trinajstić information content (AvgIpc) is 2.73. The van der Waals surface area contributed by atoms with Gasteiger partial charge in [0.05, 0.1) is 22.1 Å². The van der Waals surface area contributed by atoms with Crippen molar-refractivity contribution in [2.75, 3.05) is 6.54 Å². The minimum absolute atomic E-state index is 0.0579. The third-order valence-corrected chi connectivity index (χ3v) is 7.00. The summed E-state index contributed by atoms with van der Waals surface area (Å²) in [5, 5.41) is 8.88. The van der Waals surface area contributed by atoms with E-state index in [4.69, 9.17) is 10.00 Å². The second-order valence-corrected chi connectivity index (χ2v) is 8.87. The van der Waals surface area contributed by atoms with Gasteiger partial charge in [-0.15, -0.1) is 0 Å². The number of rotatable bonds is 5. The van der Waals surface area contributed by atoms with Gasteiger partial charge < -0.3 is 4.74 Å². The van der Waals surface area contributed by atoms with Crippen molar-refractivity contribution in [2.45, 2.75) is 43.7 Å². The van der Waals surface area contributed by atoms with Crippen LogP contribution >= 0.6 is 0 Å². The number of halogens is 1. The Hall–Kier alpha value is -2.76. The molecule has 1 heterocycles. The van der Waals surface area contributed by atoms with Crippen molar-refractivity contribution in [3.63, 3.8) is 0 Å². The van der Waals surface area contributed by atoms with E-state index in [0.717, 1.165) is 25.3 Å². The summed E-state index contributed by atoms with van der Waals surface area (Å²) in [6, 6.07) is 11.2. The van der Waals surface area contributed by atoms with Crippen LogP contribution in [0.4, 0.5) is 4.39 Å². The van der Waals surface area contributed by atoms with Crippen molar-refractivity contribution in [3.05, 3.63) is 65.0 Å². The van der Waals surface area contributed by atoms with Crippen LogP contribution < -0.4 is 0 Å². The van der Waals surface area contributed by atoms with Gasteiger partial charge >= 0.3 is 5.97 Å². The number of nitrogens with zero attached hydrogens (tertiary/aromatic N) is 2. The highest BCUT2D eigenvalue weighted by atomic mass is 32.2. The summed E-state index contributed by atoms with van der Waals surface area (Å²) in [5.41, 5.74) is 0.516. The zero-order valence-electron chi connectivity index (χ0n) is 16.0. The van der Waals surface area contributed by atoms with Gasteiger partial charge in [-0.3, -0.25) is 0 Å². The summed E-state index contributed by atoms with van der Waals surface area (Å²) in [7, 11) is -3.62. The number of carbonyl (C=O) groups is 1. The monoisotopic (exact) mass is 416 g/mol. The van der Waals surface area contributed by atoms with Crippen molar-refractivity contribution >= 4 is 16.0 Å². The molecule has 1 atom stereocenters. The summed E-state index contributed by atoms with van der Waals surface area (Å²) in [4.78, 5) is 12.3. The minimum atomic E-state index is -3.62. The quantitative estimate of drug-likeness (QED) is 0.695. The summed E-state index contributed by atoms with van der Waals surface area (Å²) in [5.74, 6) is -1.28. The molecule has 152 valence electrons. The number of esters is 1. The molecule has 0 amide bonds. The predicted octanol–water partition coefficient (Wildman–Crippen LogP) is 3.62. The molecule has 2 aromatic carbocycles. The first-order valence-electron chi connectivity index (χ1n) is 9.30. The van der Waals surface area contributed by atoms with E-state index in [9.17, 15) is 17.6 Å². The highest BCUT2D eigenvalue weighted by Crippen LogP contribution is 2.25. The van der Waals surface area contributed by atoms with Crippen LogP contribution in [0, 0.1) is 17.1 Å². The van der Waals surface area contributed by atoms with Gasteiger partial charge in [-0.1, -0.05) is 6.42 Å². The molecule has 6 nitrogen and oxygen atoms in total. The molecule has 0 aromatic heterocycles. The summed E-state index contributed by atoms with van der Waals surface area (Å²) >= 11 is 0. The summed E-state index contributed by atoms with van der Waals surface area (Å²) in [6.45, 7) is 2.05. The van der Waals surface area contributed by atoms with Crippen molar-refractivity contribution in [1.29, 1.82) is 5.26 Å². The zero-order chi connectivity index (χ0) is 21.0. The van der Waals surface area contributed by atoms with Crippen LogP contribution in [-0.4, -0.2) is 31.3 Å². The van der Waals surface area contributed by atoms with Crippen LogP contribution in [0.1, 0.15) is 47.7 Å². The second-order valence-electron chi connectivity index (χ2n) is 6.98. The molecule has 3 rings (SSSR count). The fourth-order valence-electron chi connectivity index (χ4n) is 3.31. The maximum Gasteiger partial charge on any atom is 0.338 e. The van der Waals surface area contributed by atoms with Gasteiger partial charge in [0.25, 0.3) is 0 Å². The molecule has 1 fully saturated rings. The van der Waals surface area contributed by atoms with E-state index < -0.39 is 21.8 Å². The molecule has 1 saturated heterocycles. The van der Waals surface area contributed by atoms with Gasteiger partial charge in [0.2, 0.25) is 10.0 Å². The molecule has 8 heteroatoms. The Bertz CT molecular complexity index is 1050. The maximum atomic E-state index is 13.8. The van der Waals surface area contributed by atoms with Crippen molar-refractivity contribution < 1.29 is 22.3 Å². The zero-order valence-corrected chi connectivity index (χ0v) is 16.8. The minimum Gasteiger partial charge on any atom is -0.457 e. The van der Waals surface area contributed by atoms with Crippen LogP contribution in [0.3, 0.4) is 0 Å². The van der Waals surface area contributed by atoms with E-state index in [-0.39, 0.29) is 34.2 Å². The number of piperidine rings is 1. The van der Waals surface area contributed by atoms with Gasteiger partial charge in [0, 0.05) is 18.2 Å². The lowest BCUT2D eigenvalue weighted by molar-refractivity contribution is 0.0469. The summed E-state index contributed by atoms with van der Waals surface area (Å²) in [6.07, 6.45) is 2.67. The summed E-state index contributed by atoms with van der Waals surface area (Å²) < 4.78 is 46.0. The highest BCUT2D eigenvalue weighted by molar-refractivity contribution is 7.89. The molecule has 0 N–H and O–H groups in total. The van der Waals surface area contributed by atoms with Crippen molar-refractivity contribution in [1.82, 2.24) is 4.31 Å². The Morgan fingerprint density at radius 1 is 1.24 bits per heavy atom. The third kappa shape index (κ3) is 4.63. The number of carbonyl (C=O) groups excluding carboxylic acids is 1. The number of benzene rings is 2. The Balaban J connectivity index is 1.70. The Morgan fingerprint density at radius 3 is 2.62 bits per heavy atom. The molecular formula is C21H21FN2O4S. The Morgan fingerprint density at radius 2 is 1.97 bits per heavy atom. The molecule has 1 unspecified atom stereocenters. The molecule has 1 aliphatic rings. The predicted molar refractivity (Wildman–Crippen MR) is 104 cm³/mol. The number of sulfonamides is 1. The van der Waals surface area contributed by atoms with E-state index in [1.54, 1.807) is 0 Å². The lowest BCUT2D eigenvalue weighted by Gasteiger charge is -2.32. The van der Waals surface area contributed by atoms with E-state index >= 15 is 0 Å². The normalized spacial score (nSPS) is 17.5. The SMILES string of the molecule is CC1CCCCN1S(=O)(=O)c1ccc(C(=O)OCc2cc(C#N)ccc2F)cc1. The van der Waals surface area contributed by atoms with Gasteiger partial charge in [0.15, 0.2) is 0 Å². The first kappa shape index (κ1) is 21.0. The molecule has 0 radical (unpaired) electrons. The van der Waals surface area contributed by atoms with E-state index in [1.807, 2.05) is 13.0 Å². The smallest absolute Gasteiger partial charge is 0.338 e. The number of ether oxygens (including phenoxy) is 1. The fourth-order valence-corrected chi connectivity index (χ4v) is 5.01. The largest absolute Gasteiger partial charge is 0.457 e. The molecule has 1 aliphatic heterocycles. The molecule has 0 saturated carbocycles. The van der Waals surface area contributed by atoms with E-state index in [1.165, 1.54) is 40.7 Å². The molecule has 2 aromatic rings. The van der Waals surface area contributed by atoms with Crippen LogP contribution in [0.25, 0.3) is 0 Å². The van der Waals surface area contributed by atoms with Gasteiger partial charge in [0.1, 0.15) is 12.4 Å². The number of nitriles is 1. The van der Waals surface area contributed by atoms with Gasteiger partial charge in [-0.05, 0) is 62.2 Å². The highest BCUT2D eigenvalue weighted by Gasteiger charge is 2.30. The molecular weight excluding hydrogens is 395 g/mol. The van der Waals surface area contributed by atoms with Crippen LogP contribution in [0.15, 0.2) is 47.4 Å². The average molecular weight is 416 g/mol. The van der Waals surface area contributed by atoms with Gasteiger partial charge in [-0.25, -0.2) is 17.6 Å². The Labute approximate surface area is 169 Å². The topological polar surface area (TPSA) is 87.5 Å². The van der Waals surface area contributed by atoms with E-state index in [2.05, 4.69) is 0 Å². The number of hydrogen-bond donors (Lipinski definition) is 0. The number of hydrogen-bond acceptors (Lipinski definition) is 5. The Kier molecular flexibility index (Phi) is 6.30. The van der Waals surface area contributed by atoms with Crippen LogP contribution in [-0.2, 0) is 21.4 Å². The van der Waals surface area contributed by atoms with E-state index in [0.29, 0.717) is 6.54 Å². The fraction of sp³-hybridized carbons (Fsp3) is 0.333. The lowest BCUT2D eigenvalue weighted by atomic mass is 10.1. The maximum absolute atomic E-state index is 13.8. The lowest BCUT2D eigenvalue weighted by Crippen LogP contribution is -2.41. The van der Waals surface area contributed by atoms with Crippen LogP contribution in [0.2, 0.25) is 0 Å². The second kappa shape index (κ2) is 8.72. The van der Waals surface area contributed by atoms with Crippen LogP contribution in [0.5, 0.6) is 0 Å². The van der Waals surface area contributed by atoms with Gasteiger partial charge in [-0.2, -0.15) is 9.57 Å². The molecule has 0 aliphatic carbocycles. The molecule has 29 heavy (non-hydrogen) atoms. The standard InChI is InChI=1S/C21H21FN2O4S/c1-15-4-2-3-11-24(15)29(26,27)19-8-6-17(7-9-19)21(25)28-14-18-12-16(13-23)5-10-20(18)22/h5-10,12,15H,2-4,11,14H2,1H3. The molecule has 0 bridgehead atoms. The van der Waals surface area contributed by atoms with Crippen molar-refractivity contribution in [3.8, 4) is 6.07 Å².